The fourth-order valence-electron chi connectivity index (χ4n) is 13.5. The number of hydrogen-bond acceptors (Lipinski definition) is 13. The van der Waals surface area contributed by atoms with Gasteiger partial charge in [0.2, 0.25) is 6.29 Å². The van der Waals surface area contributed by atoms with Gasteiger partial charge in [0.15, 0.2) is 6.29 Å². The van der Waals surface area contributed by atoms with Crippen LogP contribution < -0.4 is 0 Å². The van der Waals surface area contributed by atoms with E-state index in [0.29, 0.717) is 19.3 Å². The van der Waals surface area contributed by atoms with Gasteiger partial charge in [-0.2, -0.15) is 0 Å². The highest BCUT2D eigenvalue weighted by molar-refractivity contribution is 5.79. The molecule has 2 saturated heterocycles. The van der Waals surface area contributed by atoms with Gasteiger partial charge in [0.25, 0.3) is 0 Å². The Bertz CT molecular complexity index is 1490. The standard InChI is InChI=1S/C42H68O13/c1-21-28(45)30(47)32(49)34(52-21)54-27-11-12-38(4)25(39(27,5)20-44)10-13-41(7)26(38)9-8-22-23-18-37(2,3)14-16-42(23,17-15-40(22,41)6)36(51)55-35-33(50)31(48)29(46)24(19-43)53-35/h8,21,23-35,43-50H,9-20H2,1-7H3/t21-,23-,24+,25+,26+,27-,28-,29+,30+,31-,32+,33+,34-,35-,38-,39-,40+,41+,42-/m0/s1. The minimum atomic E-state index is -1.66. The zero-order valence-corrected chi connectivity index (χ0v) is 33.8. The molecule has 0 aromatic carbocycles. The van der Waals surface area contributed by atoms with Gasteiger partial charge in [0.1, 0.15) is 42.7 Å². The molecule has 19 atom stereocenters. The van der Waals surface area contributed by atoms with Crippen LogP contribution >= 0.6 is 0 Å². The van der Waals surface area contributed by atoms with Crippen molar-refractivity contribution in [2.45, 2.75) is 180 Å². The van der Waals surface area contributed by atoms with Crippen LogP contribution in [0.3, 0.4) is 0 Å². The SMILES string of the molecule is C[C@@H]1O[C@@H](O[C@H]2CC[C@@]3(C)[C@@H](CC[C@]4(C)[C@@H]3CC=C3[C@@H]5CC(C)(C)CC[C@]5(C(=O)O[C@@H]5O[C@H](CO)[C@@H](O)[C@H](O)[C@H]5O)CC[C@]34C)[C@]2(C)CO)[C@H](O)[C@H](O)[C@H]1O. The predicted molar refractivity (Wildman–Crippen MR) is 198 cm³/mol. The second-order valence-electron chi connectivity index (χ2n) is 20.5. The van der Waals surface area contributed by atoms with Crippen LogP contribution in [-0.4, -0.2) is 128 Å². The molecule has 4 saturated carbocycles. The fourth-order valence-corrected chi connectivity index (χ4v) is 13.5. The molecule has 6 fully saturated rings. The highest BCUT2D eigenvalue weighted by Crippen LogP contribution is 2.76. The molecule has 0 radical (unpaired) electrons. The van der Waals surface area contributed by atoms with Crippen LogP contribution in [0.1, 0.15) is 113 Å². The average molecular weight is 781 g/mol. The number of fused-ring (bicyclic) bond motifs is 7. The molecule has 0 aromatic rings. The van der Waals surface area contributed by atoms with Gasteiger partial charge in [-0.25, -0.2) is 0 Å². The number of allylic oxidation sites excluding steroid dienone is 2. The monoisotopic (exact) mass is 780 g/mol. The van der Waals surface area contributed by atoms with Gasteiger partial charge >= 0.3 is 5.97 Å². The van der Waals surface area contributed by atoms with Crippen molar-refractivity contribution in [2.75, 3.05) is 13.2 Å². The van der Waals surface area contributed by atoms with Crippen molar-refractivity contribution in [3.05, 3.63) is 11.6 Å². The van der Waals surface area contributed by atoms with E-state index in [1.165, 1.54) is 5.57 Å². The maximum atomic E-state index is 14.6. The molecule has 13 heteroatoms. The van der Waals surface area contributed by atoms with Crippen molar-refractivity contribution in [3.8, 4) is 0 Å². The van der Waals surface area contributed by atoms with Gasteiger partial charge in [-0.1, -0.05) is 53.2 Å². The van der Waals surface area contributed by atoms with Crippen molar-refractivity contribution in [1.82, 2.24) is 0 Å². The molecule has 0 unspecified atom stereocenters. The lowest BCUT2D eigenvalue weighted by atomic mass is 9.33. The molecule has 0 spiro atoms. The second kappa shape index (κ2) is 14.2. The van der Waals surface area contributed by atoms with E-state index in [0.717, 1.165) is 44.9 Å². The van der Waals surface area contributed by atoms with Gasteiger partial charge in [0, 0.05) is 5.41 Å². The smallest absolute Gasteiger partial charge is 0.315 e. The van der Waals surface area contributed by atoms with Crippen LogP contribution in [0.5, 0.6) is 0 Å². The molecule has 2 aliphatic heterocycles. The Morgan fingerprint density at radius 1 is 0.764 bits per heavy atom. The molecular formula is C42H68O13. The fraction of sp³-hybridized carbons (Fsp3) is 0.929. The predicted octanol–water partition coefficient (Wildman–Crippen LogP) is 2.32. The van der Waals surface area contributed by atoms with Crippen molar-refractivity contribution < 1.29 is 64.6 Å². The summed E-state index contributed by atoms with van der Waals surface area (Å²) in [7, 11) is 0. The summed E-state index contributed by atoms with van der Waals surface area (Å²) in [6.45, 7) is 14.7. The summed E-state index contributed by atoms with van der Waals surface area (Å²) in [6, 6.07) is 0. The van der Waals surface area contributed by atoms with E-state index in [9.17, 15) is 45.6 Å². The maximum absolute atomic E-state index is 14.6. The van der Waals surface area contributed by atoms with E-state index >= 15 is 0 Å². The molecule has 7 rings (SSSR count). The van der Waals surface area contributed by atoms with Gasteiger partial charge < -0.3 is 59.8 Å². The van der Waals surface area contributed by atoms with Crippen LogP contribution in [0, 0.1) is 50.2 Å². The van der Waals surface area contributed by atoms with E-state index < -0.39 is 90.9 Å². The summed E-state index contributed by atoms with van der Waals surface area (Å²) in [5, 5.41) is 84.1. The van der Waals surface area contributed by atoms with E-state index in [1.54, 1.807) is 6.92 Å². The molecular weight excluding hydrogens is 712 g/mol. The first-order valence-electron chi connectivity index (χ1n) is 20.8. The van der Waals surface area contributed by atoms with Crippen molar-refractivity contribution in [2.24, 2.45) is 50.2 Å². The summed E-state index contributed by atoms with van der Waals surface area (Å²) in [4.78, 5) is 14.6. The van der Waals surface area contributed by atoms with Crippen LogP contribution in [0.2, 0.25) is 0 Å². The van der Waals surface area contributed by atoms with E-state index in [2.05, 4.69) is 47.6 Å². The van der Waals surface area contributed by atoms with E-state index in [-0.39, 0.29) is 46.0 Å². The zero-order valence-electron chi connectivity index (χ0n) is 33.8. The molecule has 0 amide bonds. The molecule has 0 bridgehead atoms. The van der Waals surface area contributed by atoms with Crippen LogP contribution in [0.4, 0.5) is 0 Å². The maximum Gasteiger partial charge on any atom is 0.315 e. The zero-order chi connectivity index (χ0) is 40.3. The lowest BCUT2D eigenvalue weighted by Crippen LogP contribution is -2.67. The molecule has 314 valence electrons. The molecule has 0 aromatic heterocycles. The van der Waals surface area contributed by atoms with Crippen molar-refractivity contribution >= 4 is 5.97 Å². The first-order chi connectivity index (χ1) is 25.6. The Hall–Kier alpha value is -1.23. The van der Waals surface area contributed by atoms with E-state index in [1.807, 2.05) is 0 Å². The number of ether oxygens (including phenoxy) is 4. The van der Waals surface area contributed by atoms with Crippen LogP contribution in [-0.2, 0) is 23.7 Å². The number of aliphatic hydroxyl groups is 8. The lowest BCUT2D eigenvalue weighted by Gasteiger charge is -2.71. The molecule has 7 aliphatic rings. The molecule has 13 nitrogen and oxygen atoms in total. The highest BCUT2D eigenvalue weighted by Gasteiger charge is 2.70. The largest absolute Gasteiger partial charge is 0.432 e. The summed E-state index contributed by atoms with van der Waals surface area (Å²) >= 11 is 0. The normalized spacial score (nSPS) is 54.9. The third-order valence-electron chi connectivity index (χ3n) is 17.3. The number of carbonyl (C=O) groups is 1. The highest BCUT2D eigenvalue weighted by atomic mass is 16.7. The van der Waals surface area contributed by atoms with Gasteiger partial charge in [0.05, 0.1) is 30.8 Å². The first kappa shape index (κ1) is 41.9. The summed E-state index contributed by atoms with van der Waals surface area (Å²) in [5.74, 6) is -0.207. The van der Waals surface area contributed by atoms with E-state index in [4.69, 9.17) is 18.9 Å². The number of rotatable bonds is 6. The minimum Gasteiger partial charge on any atom is -0.432 e. The quantitative estimate of drug-likeness (QED) is 0.111. The van der Waals surface area contributed by atoms with Crippen molar-refractivity contribution in [1.29, 1.82) is 0 Å². The summed E-state index contributed by atoms with van der Waals surface area (Å²) in [5.41, 5.74) is -0.756. The average Bonchev–Trinajstić information content (AvgIpc) is 3.14. The molecule has 55 heavy (non-hydrogen) atoms. The summed E-state index contributed by atoms with van der Waals surface area (Å²) in [6.07, 6.45) is -3.83. The third-order valence-corrected chi connectivity index (χ3v) is 17.3. The molecule has 2 heterocycles. The van der Waals surface area contributed by atoms with Gasteiger partial charge in [-0.05, 0) is 111 Å². The first-order valence-corrected chi connectivity index (χ1v) is 20.8. The Kier molecular flexibility index (Phi) is 10.8. The number of esters is 1. The molecule has 5 aliphatic carbocycles. The van der Waals surface area contributed by atoms with Crippen LogP contribution in [0.15, 0.2) is 11.6 Å². The minimum absolute atomic E-state index is 0.0268. The number of aliphatic hydroxyl groups excluding tert-OH is 8. The summed E-state index contributed by atoms with van der Waals surface area (Å²) < 4.78 is 23.9. The third kappa shape index (κ3) is 6.15. The van der Waals surface area contributed by atoms with Crippen molar-refractivity contribution in [3.63, 3.8) is 0 Å². The second-order valence-corrected chi connectivity index (χ2v) is 20.5. The topological polar surface area (TPSA) is 216 Å². The number of carbonyl (C=O) groups excluding carboxylic acids is 1. The van der Waals surface area contributed by atoms with Gasteiger partial charge in [-0.3, -0.25) is 4.79 Å². The Balaban J connectivity index is 1.17. The lowest BCUT2D eigenvalue weighted by molar-refractivity contribution is -0.328. The van der Waals surface area contributed by atoms with Gasteiger partial charge in [-0.15, -0.1) is 0 Å². The number of hydrogen-bond donors (Lipinski definition) is 8. The Labute approximate surface area is 325 Å². The molecule has 8 N–H and O–H groups in total. The Morgan fingerprint density at radius 3 is 2.09 bits per heavy atom. The van der Waals surface area contributed by atoms with Crippen LogP contribution in [0.25, 0.3) is 0 Å². The Morgan fingerprint density at radius 2 is 1.42 bits per heavy atom.